The third kappa shape index (κ3) is 3.17. The maximum atomic E-state index is 12.4. The van der Waals surface area contributed by atoms with Crippen LogP contribution in [-0.4, -0.2) is 30.8 Å². The number of carboxylic acids is 1. The van der Waals surface area contributed by atoms with Crippen molar-refractivity contribution in [1.82, 2.24) is 0 Å². The lowest BCUT2D eigenvalue weighted by Crippen LogP contribution is -2.45. The number of nitrogens with two attached hydrogens (primary N) is 1. The molecule has 19 heavy (non-hydrogen) atoms. The van der Waals surface area contributed by atoms with Gasteiger partial charge in [-0.2, -0.15) is 0 Å². The Hall–Kier alpha value is -1.76. The van der Waals surface area contributed by atoms with Crippen LogP contribution in [0.15, 0.2) is 24.3 Å². The minimum Gasteiger partial charge on any atom is -0.480 e. The number of nitrogens with zero attached hydrogens (tertiary/aromatic N) is 1. The maximum Gasteiger partial charge on any atom is 0.324 e. The minimum absolute atomic E-state index is 0.180. The molecule has 1 aromatic carbocycles. The number of rotatable bonds is 4. The summed E-state index contributed by atoms with van der Waals surface area (Å²) in [5, 5.41) is 8.92. The summed E-state index contributed by atoms with van der Waals surface area (Å²) < 4.78 is 24.6. The number of hydrogen-bond acceptors (Lipinski definition) is 4. The number of carbonyl (C=O) groups is 1. The van der Waals surface area contributed by atoms with Gasteiger partial charge in [-0.15, -0.1) is 0 Å². The highest BCUT2D eigenvalue weighted by Crippen LogP contribution is 2.30. The summed E-state index contributed by atoms with van der Waals surface area (Å²) in [6, 6.07) is 6.28. The molecule has 0 saturated heterocycles. The van der Waals surface area contributed by atoms with Gasteiger partial charge in [0.2, 0.25) is 10.0 Å². The molecule has 0 aromatic heterocycles. The lowest BCUT2D eigenvalue weighted by molar-refractivity contribution is -0.135. The first-order valence-electron chi connectivity index (χ1n) is 5.66. The van der Waals surface area contributed by atoms with Crippen molar-refractivity contribution in [1.29, 1.82) is 0 Å². The molecular weight excluding hydrogens is 268 g/mol. The molecule has 1 rings (SSSR count). The summed E-state index contributed by atoms with van der Waals surface area (Å²) in [5.41, 5.74) is 6.14. The van der Waals surface area contributed by atoms with E-state index in [1.807, 2.05) is 0 Å². The number of hydrogen-bond donors (Lipinski definition) is 2. The summed E-state index contributed by atoms with van der Waals surface area (Å²) in [6.07, 6.45) is 0. The Morgan fingerprint density at radius 2 is 1.84 bits per heavy atom. The van der Waals surface area contributed by atoms with Gasteiger partial charge in [0.15, 0.2) is 0 Å². The zero-order chi connectivity index (χ0) is 14.8. The van der Waals surface area contributed by atoms with Crippen molar-refractivity contribution in [2.24, 2.45) is 0 Å². The van der Waals surface area contributed by atoms with Crippen LogP contribution in [0, 0.1) is 0 Å². The van der Waals surface area contributed by atoms with Gasteiger partial charge in [0, 0.05) is 0 Å². The van der Waals surface area contributed by atoms with Gasteiger partial charge in [0.1, 0.15) is 6.54 Å². The molecule has 0 amide bonds. The van der Waals surface area contributed by atoms with Gasteiger partial charge >= 0.3 is 5.97 Å². The van der Waals surface area contributed by atoms with E-state index in [9.17, 15) is 13.2 Å². The molecular formula is C12H18N2O4S. The van der Waals surface area contributed by atoms with Crippen molar-refractivity contribution in [2.75, 3.05) is 16.6 Å². The van der Waals surface area contributed by atoms with Gasteiger partial charge in [-0.3, -0.25) is 9.10 Å². The fourth-order valence-electron chi connectivity index (χ4n) is 1.47. The minimum atomic E-state index is -3.84. The van der Waals surface area contributed by atoms with Gasteiger partial charge in [-0.1, -0.05) is 12.1 Å². The Labute approximate surface area is 112 Å². The standard InChI is InChI=1S/C12H18N2O4S/c1-12(2,3)19(17,18)14(8-11(15)16)10-7-5-4-6-9(10)13/h4-7H,8,13H2,1-3H3,(H,15,16). The van der Waals surface area contributed by atoms with E-state index in [-0.39, 0.29) is 11.4 Å². The molecule has 6 nitrogen and oxygen atoms in total. The Morgan fingerprint density at radius 1 is 1.32 bits per heavy atom. The van der Waals surface area contributed by atoms with Crippen molar-refractivity contribution in [3.8, 4) is 0 Å². The second kappa shape index (κ2) is 5.08. The first-order chi connectivity index (χ1) is 8.57. The Kier molecular flexibility index (Phi) is 4.09. The third-order valence-corrected chi connectivity index (χ3v) is 5.00. The molecule has 0 fully saturated rings. The van der Waals surface area contributed by atoms with Crippen LogP contribution in [0.5, 0.6) is 0 Å². The predicted octanol–water partition coefficient (Wildman–Crippen LogP) is 1.29. The van der Waals surface area contributed by atoms with Crippen molar-refractivity contribution in [3.05, 3.63) is 24.3 Å². The average Bonchev–Trinajstić information content (AvgIpc) is 2.25. The molecule has 0 aliphatic heterocycles. The second-order valence-corrected chi connectivity index (χ2v) is 7.69. The topological polar surface area (TPSA) is 101 Å². The first kappa shape index (κ1) is 15.3. The molecule has 0 bridgehead atoms. The van der Waals surface area contributed by atoms with Crippen LogP contribution in [0.2, 0.25) is 0 Å². The maximum absolute atomic E-state index is 12.4. The number of nitrogen functional groups attached to an aromatic ring is 1. The van der Waals surface area contributed by atoms with Crippen LogP contribution < -0.4 is 10.0 Å². The van der Waals surface area contributed by atoms with E-state index < -0.39 is 27.3 Å². The summed E-state index contributed by atoms with van der Waals surface area (Å²) in [6.45, 7) is 3.87. The zero-order valence-corrected chi connectivity index (χ0v) is 11.9. The number of carboxylic acid groups (broad SMARTS) is 1. The molecule has 0 unspecified atom stereocenters. The van der Waals surface area contributed by atoms with Crippen LogP contribution in [0.1, 0.15) is 20.8 Å². The molecule has 0 saturated carbocycles. The van der Waals surface area contributed by atoms with Crippen LogP contribution >= 0.6 is 0 Å². The van der Waals surface area contributed by atoms with Gasteiger partial charge < -0.3 is 10.8 Å². The molecule has 0 aliphatic carbocycles. The molecule has 7 heteroatoms. The van der Waals surface area contributed by atoms with E-state index in [0.717, 1.165) is 4.31 Å². The molecule has 0 heterocycles. The lowest BCUT2D eigenvalue weighted by atomic mass is 10.2. The number of sulfonamides is 1. The Balaban J connectivity index is 3.40. The third-order valence-electron chi connectivity index (χ3n) is 2.55. The van der Waals surface area contributed by atoms with Crippen molar-refractivity contribution in [2.45, 2.75) is 25.5 Å². The number of para-hydroxylation sites is 2. The van der Waals surface area contributed by atoms with E-state index in [0.29, 0.717) is 0 Å². The van der Waals surface area contributed by atoms with E-state index in [1.54, 1.807) is 12.1 Å². The van der Waals surface area contributed by atoms with E-state index in [1.165, 1.54) is 32.9 Å². The predicted molar refractivity (Wildman–Crippen MR) is 74.5 cm³/mol. The number of anilines is 2. The molecule has 0 atom stereocenters. The monoisotopic (exact) mass is 286 g/mol. The van der Waals surface area contributed by atoms with Crippen molar-refractivity contribution < 1.29 is 18.3 Å². The van der Waals surface area contributed by atoms with Crippen LogP contribution in [0.3, 0.4) is 0 Å². The number of aliphatic carboxylic acids is 1. The van der Waals surface area contributed by atoms with Crippen LogP contribution in [0.4, 0.5) is 11.4 Å². The molecule has 3 N–H and O–H groups in total. The fourth-order valence-corrected chi connectivity index (χ4v) is 2.83. The molecule has 0 radical (unpaired) electrons. The van der Waals surface area contributed by atoms with Crippen LogP contribution in [-0.2, 0) is 14.8 Å². The van der Waals surface area contributed by atoms with Crippen molar-refractivity contribution >= 4 is 27.4 Å². The van der Waals surface area contributed by atoms with Gasteiger partial charge in [-0.25, -0.2) is 8.42 Å². The zero-order valence-electron chi connectivity index (χ0n) is 11.1. The largest absolute Gasteiger partial charge is 0.480 e. The van der Waals surface area contributed by atoms with E-state index in [4.69, 9.17) is 10.8 Å². The number of benzene rings is 1. The smallest absolute Gasteiger partial charge is 0.324 e. The van der Waals surface area contributed by atoms with Gasteiger partial charge in [-0.05, 0) is 32.9 Å². The lowest BCUT2D eigenvalue weighted by Gasteiger charge is -2.31. The molecule has 0 spiro atoms. The molecule has 1 aromatic rings. The Bertz CT molecular complexity index is 576. The van der Waals surface area contributed by atoms with Gasteiger partial charge in [0.25, 0.3) is 0 Å². The van der Waals surface area contributed by atoms with Crippen molar-refractivity contribution in [3.63, 3.8) is 0 Å². The van der Waals surface area contributed by atoms with Crippen LogP contribution in [0.25, 0.3) is 0 Å². The molecule has 106 valence electrons. The molecule has 0 aliphatic rings. The highest BCUT2D eigenvalue weighted by Gasteiger charge is 2.37. The fraction of sp³-hybridized carbons (Fsp3) is 0.417. The average molecular weight is 286 g/mol. The summed E-state index contributed by atoms with van der Waals surface area (Å²) in [7, 11) is -3.84. The summed E-state index contributed by atoms with van der Waals surface area (Å²) in [5.74, 6) is -1.24. The van der Waals surface area contributed by atoms with E-state index >= 15 is 0 Å². The second-order valence-electron chi connectivity index (χ2n) is 5.08. The SMILES string of the molecule is CC(C)(C)S(=O)(=O)N(CC(=O)O)c1ccccc1N. The Morgan fingerprint density at radius 3 is 2.26 bits per heavy atom. The van der Waals surface area contributed by atoms with E-state index in [2.05, 4.69) is 0 Å². The summed E-state index contributed by atoms with van der Waals surface area (Å²) in [4.78, 5) is 10.9. The van der Waals surface area contributed by atoms with Gasteiger partial charge in [0.05, 0.1) is 16.1 Å². The first-order valence-corrected chi connectivity index (χ1v) is 7.10. The highest BCUT2D eigenvalue weighted by molar-refractivity contribution is 7.94. The normalized spacial score (nSPS) is 12.2. The summed E-state index contributed by atoms with van der Waals surface area (Å²) >= 11 is 0. The highest BCUT2D eigenvalue weighted by atomic mass is 32.2. The quantitative estimate of drug-likeness (QED) is 0.812.